The Morgan fingerprint density at radius 1 is 1.60 bits per heavy atom. The number of carbonyl (C=O) groups is 1. The van der Waals surface area contributed by atoms with Crippen LogP contribution in [0.3, 0.4) is 0 Å². The standard InChI is InChI=1S/C12H17NOS/c1-2-10-6-3-4-8-13(10)12(14)11-7-5-9-15-11/h5,7,9-10H,2-4,6,8H2,1H3/t10-/m1/s1. The summed E-state index contributed by atoms with van der Waals surface area (Å²) < 4.78 is 0. The third-order valence-corrected chi connectivity index (χ3v) is 3.95. The van der Waals surface area contributed by atoms with Gasteiger partial charge in [-0.3, -0.25) is 4.79 Å². The van der Waals surface area contributed by atoms with Gasteiger partial charge in [0.2, 0.25) is 0 Å². The van der Waals surface area contributed by atoms with E-state index in [-0.39, 0.29) is 5.91 Å². The molecule has 1 atom stereocenters. The zero-order valence-corrected chi connectivity index (χ0v) is 9.93. The second-order valence-corrected chi connectivity index (χ2v) is 4.98. The average molecular weight is 223 g/mol. The fraction of sp³-hybridized carbons (Fsp3) is 0.583. The maximum atomic E-state index is 12.2. The van der Waals surface area contributed by atoms with Gasteiger partial charge in [0.25, 0.3) is 5.91 Å². The molecule has 0 aromatic carbocycles. The molecule has 1 aromatic rings. The van der Waals surface area contributed by atoms with Crippen LogP contribution in [0.2, 0.25) is 0 Å². The van der Waals surface area contributed by atoms with E-state index in [0.717, 1.165) is 24.3 Å². The Hall–Kier alpha value is -0.830. The number of piperidine rings is 1. The third-order valence-electron chi connectivity index (χ3n) is 3.09. The van der Waals surface area contributed by atoms with Crippen LogP contribution in [-0.2, 0) is 0 Å². The molecule has 1 aliphatic rings. The van der Waals surface area contributed by atoms with Crippen molar-refractivity contribution in [2.24, 2.45) is 0 Å². The summed E-state index contributed by atoms with van der Waals surface area (Å²) >= 11 is 1.55. The SMILES string of the molecule is CC[C@@H]1CCCCN1C(=O)c1cccs1. The minimum Gasteiger partial charge on any atom is -0.335 e. The minimum absolute atomic E-state index is 0.233. The topological polar surface area (TPSA) is 20.3 Å². The van der Waals surface area contributed by atoms with Crippen molar-refractivity contribution in [2.75, 3.05) is 6.54 Å². The van der Waals surface area contributed by atoms with E-state index in [1.807, 2.05) is 17.5 Å². The van der Waals surface area contributed by atoms with Gasteiger partial charge < -0.3 is 4.90 Å². The van der Waals surface area contributed by atoms with Crippen molar-refractivity contribution in [3.63, 3.8) is 0 Å². The van der Waals surface area contributed by atoms with E-state index in [9.17, 15) is 4.79 Å². The van der Waals surface area contributed by atoms with Gasteiger partial charge in [0.05, 0.1) is 4.88 Å². The second-order valence-electron chi connectivity index (χ2n) is 4.03. The molecule has 1 amide bonds. The molecule has 82 valence electrons. The van der Waals surface area contributed by atoms with Crippen LogP contribution in [0.1, 0.15) is 42.3 Å². The zero-order valence-electron chi connectivity index (χ0n) is 9.11. The van der Waals surface area contributed by atoms with Gasteiger partial charge in [-0.05, 0) is 37.1 Å². The van der Waals surface area contributed by atoms with Crippen molar-refractivity contribution in [3.05, 3.63) is 22.4 Å². The molecule has 0 radical (unpaired) electrons. The molecule has 0 saturated carbocycles. The Morgan fingerprint density at radius 2 is 2.47 bits per heavy atom. The molecule has 2 nitrogen and oxygen atoms in total. The molecular formula is C12H17NOS. The highest BCUT2D eigenvalue weighted by molar-refractivity contribution is 7.12. The van der Waals surface area contributed by atoms with Crippen LogP contribution in [0.15, 0.2) is 17.5 Å². The molecule has 15 heavy (non-hydrogen) atoms. The first-order chi connectivity index (χ1) is 7.33. The average Bonchev–Trinajstić information content (AvgIpc) is 2.81. The number of hydrogen-bond donors (Lipinski definition) is 0. The molecule has 2 rings (SSSR count). The van der Waals surface area contributed by atoms with E-state index in [1.165, 1.54) is 12.8 Å². The maximum absolute atomic E-state index is 12.2. The van der Waals surface area contributed by atoms with E-state index in [4.69, 9.17) is 0 Å². The van der Waals surface area contributed by atoms with Crippen LogP contribution in [0.5, 0.6) is 0 Å². The molecule has 3 heteroatoms. The minimum atomic E-state index is 0.233. The smallest absolute Gasteiger partial charge is 0.264 e. The summed E-state index contributed by atoms with van der Waals surface area (Å²) in [6.45, 7) is 3.11. The van der Waals surface area contributed by atoms with Crippen LogP contribution in [0.25, 0.3) is 0 Å². The molecule has 1 aliphatic heterocycles. The quantitative estimate of drug-likeness (QED) is 0.754. The molecule has 2 heterocycles. The molecule has 0 N–H and O–H groups in total. The summed E-state index contributed by atoms with van der Waals surface area (Å²) in [5.74, 6) is 0.233. The molecule has 0 unspecified atom stereocenters. The van der Waals surface area contributed by atoms with E-state index < -0.39 is 0 Å². The van der Waals surface area contributed by atoms with E-state index in [1.54, 1.807) is 11.3 Å². The largest absolute Gasteiger partial charge is 0.335 e. The molecule has 1 saturated heterocycles. The molecule has 0 spiro atoms. The summed E-state index contributed by atoms with van der Waals surface area (Å²) in [5.41, 5.74) is 0. The molecule has 1 fully saturated rings. The Balaban J connectivity index is 2.11. The number of thiophene rings is 1. The fourth-order valence-electron chi connectivity index (χ4n) is 2.23. The number of likely N-dealkylation sites (tertiary alicyclic amines) is 1. The lowest BCUT2D eigenvalue weighted by Crippen LogP contribution is -2.43. The lowest BCUT2D eigenvalue weighted by Gasteiger charge is -2.34. The number of nitrogens with zero attached hydrogens (tertiary/aromatic N) is 1. The number of rotatable bonds is 2. The van der Waals surface area contributed by atoms with Crippen molar-refractivity contribution in [3.8, 4) is 0 Å². The van der Waals surface area contributed by atoms with Gasteiger partial charge in [-0.15, -0.1) is 11.3 Å². The first kappa shape index (κ1) is 10.7. The van der Waals surface area contributed by atoms with Crippen molar-refractivity contribution in [2.45, 2.75) is 38.6 Å². The van der Waals surface area contributed by atoms with Crippen molar-refractivity contribution < 1.29 is 4.79 Å². The van der Waals surface area contributed by atoms with Gasteiger partial charge in [0.15, 0.2) is 0 Å². The maximum Gasteiger partial charge on any atom is 0.264 e. The second kappa shape index (κ2) is 4.79. The normalized spacial score (nSPS) is 21.7. The van der Waals surface area contributed by atoms with Crippen LogP contribution in [-0.4, -0.2) is 23.4 Å². The van der Waals surface area contributed by atoms with Gasteiger partial charge in [-0.1, -0.05) is 13.0 Å². The van der Waals surface area contributed by atoms with Crippen molar-refractivity contribution >= 4 is 17.2 Å². The Kier molecular flexibility index (Phi) is 3.41. The Labute approximate surface area is 94.9 Å². The predicted octanol–water partition coefficient (Wildman–Crippen LogP) is 3.15. The lowest BCUT2D eigenvalue weighted by atomic mass is 10.00. The summed E-state index contributed by atoms with van der Waals surface area (Å²) in [7, 11) is 0. The molecule has 0 aliphatic carbocycles. The van der Waals surface area contributed by atoms with Gasteiger partial charge in [-0.25, -0.2) is 0 Å². The summed E-state index contributed by atoms with van der Waals surface area (Å²) in [6, 6.07) is 4.34. The lowest BCUT2D eigenvalue weighted by molar-refractivity contribution is 0.0613. The first-order valence-corrected chi connectivity index (χ1v) is 6.55. The summed E-state index contributed by atoms with van der Waals surface area (Å²) in [6.07, 6.45) is 4.69. The highest BCUT2D eigenvalue weighted by Crippen LogP contribution is 2.23. The number of hydrogen-bond acceptors (Lipinski definition) is 2. The molecular weight excluding hydrogens is 206 g/mol. The number of amides is 1. The fourth-order valence-corrected chi connectivity index (χ4v) is 2.91. The van der Waals surface area contributed by atoms with Crippen molar-refractivity contribution in [1.82, 2.24) is 4.90 Å². The van der Waals surface area contributed by atoms with Gasteiger partial charge in [0, 0.05) is 12.6 Å². The molecule has 1 aromatic heterocycles. The molecule has 0 bridgehead atoms. The monoisotopic (exact) mass is 223 g/mol. The highest BCUT2D eigenvalue weighted by atomic mass is 32.1. The van der Waals surface area contributed by atoms with E-state index >= 15 is 0 Å². The Bertz CT molecular complexity index is 320. The van der Waals surface area contributed by atoms with Crippen LogP contribution in [0, 0.1) is 0 Å². The third kappa shape index (κ3) is 2.23. The highest BCUT2D eigenvalue weighted by Gasteiger charge is 2.26. The van der Waals surface area contributed by atoms with Crippen molar-refractivity contribution in [1.29, 1.82) is 0 Å². The predicted molar refractivity (Wildman–Crippen MR) is 63.3 cm³/mol. The van der Waals surface area contributed by atoms with Crippen LogP contribution >= 0.6 is 11.3 Å². The summed E-state index contributed by atoms with van der Waals surface area (Å²) in [4.78, 5) is 15.1. The Morgan fingerprint density at radius 3 is 3.13 bits per heavy atom. The van der Waals surface area contributed by atoms with Gasteiger partial charge in [0.1, 0.15) is 0 Å². The van der Waals surface area contributed by atoms with Crippen LogP contribution in [0.4, 0.5) is 0 Å². The summed E-state index contributed by atoms with van der Waals surface area (Å²) in [5, 5.41) is 1.97. The zero-order chi connectivity index (χ0) is 10.7. The van der Waals surface area contributed by atoms with E-state index in [0.29, 0.717) is 6.04 Å². The first-order valence-electron chi connectivity index (χ1n) is 5.67. The van der Waals surface area contributed by atoms with Crippen LogP contribution < -0.4 is 0 Å². The van der Waals surface area contributed by atoms with Gasteiger partial charge in [-0.2, -0.15) is 0 Å². The van der Waals surface area contributed by atoms with E-state index in [2.05, 4.69) is 11.8 Å². The number of carbonyl (C=O) groups excluding carboxylic acids is 1. The van der Waals surface area contributed by atoms with Gasteiger partial charge >= 0.3 is 0 Å².